The van der Waals surface area contributed by atoms with Gasteiger partial charge in [-0.15, -0.1) is 24.0 Å². The Balaban J connectivity index is 0.00000392. The SMILES string of the molecule is CCOCCCCNC(=NC)NC1CCN(c2ccccc2OC(F)F)C1.I. The van der Waals surface area contributed by atoms with E-state index in [1.54, 1.807) is 19.2 Å². The van der Waals surface area contributed by atoms with Crippen molar-refractivity contribution in [2.45, 2.75) is 38.8 Å². The van der Waals surface area contributed by atoms with Gasteiger partial charge in [0, 0.05) is 45.9 Å². The van der Waals surface area contributed by atoms with Crippen molar-refractivity contribution in [1.82, 2.24) is 10.6 Å². The minimum atomic E-state index is -2.83. The number of anilines is 1. The summed E-state index contributed by atoms with van der Waals surface area (Å²) >= 11 is 0. The van der Waals surface area contributed by atoms with Gasteiger partial charge in [-0.3, -0.25) is 4.99 Å². The molecular formula is C19H31F2IN4O2. The van der Waals surface area contributed by atoms with Crippen LogP contribution in [0.3, 0.4) is 0 Å². The summed E-state index contributed by atoms with van der Waals surface area (Å²) in [5.41, 5.74) is 0.695. The molecule has 1 saturated heterocycles. The number of aliphatic imine (C=N–C) groups is 1. The molecule has 160 valence electrons. The van der Waals surface area contributed by atoms with E-state index in [4.69, 9.17) is 4.74 Å². The number of guanidine groups is 1. The zero-order valence-corrected chi connectivity index (χ0v) is 18.8. The highest BCUT2D eigenvalue weighted by Crippen LogP contribution is 2.31. The topological polar surface area (TPSA) is 58.1 Å². The third-order valence-corrected chi connectivity index (χ3v) is 4.39. The molecule has 1 unspecified atom stereocenters. The first-order valence-electron chi connectivity index (χ1n) is 9.47. The van der Waals surface area contributed by atoms with E-state index in [-0.39, 0.29) is 35.8 Å². The second kappa shape index (κ2) is 13.8. The molecule has 1 aliphatic heterocycles. The van der Waals surface area contributed by atoms with E-state index in [1.807, 2.05) is 19.1 Å². The summed E-state index contributed by atoms with van der Waals surface area (Å²) in [6.07, 6.45) is 2.92. The van der Waals surface area contributed by atoms with Gasteiger partial charge in [-0.2, -0.15) is 8.78 Å². The monoisotopic (exact) mass is 512 g/mol. The van der Waals surface area contributed by atoms with Crippen LogP contribution in [0.4, 0.5) is 14.5 Å². The molecule has 0 aromatic heterocycles. The Morgan fingerprint density at radius 1 is 1.32 bits per heavy atom. The minimum Gasteiger partial charge on any atom is -0.433 e. The van der Waals surface area contributed by atoms with Crippen molar-refractivity contribution < 1.29 is 18.3 Å². The molecule has 1 atom stereocenters. The fourth-order valence-corrected chi connectivity index (χ4v) is 3.08. The molecule has 28 heavy (non-hydrogen) atoms. The van der Waals surface area contributed by atoms with Crippen LogP contribution in [0.5, 0.6) is 5.75 Å². The van der Waals surface area contributed by atoms with Crippen molar-refractivity contribution in [3.05, 3.63) is 24.3 Å². The summed E-state index contributed by atoms with van der Waals surface area (Å²) in [4.78, 5) is 6.32. The second-order valence-corrected chi connectivity index (χ2v) is 6.33. The Morgan fingerprint density at radius 3 is 2.82 bits per heavy atom. The largest absolute Gasteiger partial charge is 0.433 e. The number of benzene rings is 1. The third-order valence-electron chi connectivity index (χ3n) is 4.39. The van der Waals surface area contributed by atoms with Gasteiger partial charge in [0.05, 0.1) is 5.69 Å². The Morgan fingerprint density at radius 2 is 2.11 bits per heavy atom. The van der Waals surface area contributed by atoms with Crippen molar-refractivity contribution in [2.75, 3.05) is 44.8 Å². The molecule has 0 amide bonds. The van der Waals surface area contributed by atoms with Crippen molar-refractivity contribution >= 4 is 35.6 Å². The molecule has 6 nitrogen and oxygen atoms in total. The van der Waals surface area contributed by atoms with Gasteiger partial charge < -0.3 is 25.0 Å². The quantitative estimate of drug-likeness (QED) is 0.218. The lowest BCUT2D eigenvalue weighted by Crippen LogP contribution is -2.44. The lowest BCUT2D eigenvalue weighted by Gasteiger charge is -2.22. The van der Waals surface area contributed by atoms with Gasteiger partial charge in [-0.25, -0.2) is 0 Å². The number of alkyl halides is 2. The number of nitrogens with one attached hydrogen (secondary N) is 2. The number of nitrogens with zero attached hydrogens (tertiary/aromatic N) is 2. The molecule has 0 saturated carbocycles. The van der Waals surface area contributed by atoms with Crippen LogP contribution in [0.2, 0.25) is 0 Å². The standard InChI is InChI=1S/C19H30F2N4O2.HI/c1-3-26-13-7-6-11-23-19(22-2)24-15-10-12-25(14-15)16-8-4-5-9-17(16)27-18(20)21;/h4-5,8-9,15,18H,3,6-7,10-14H2,1-2H3,(H2,22,23,24);1H. The van der Waals surface area contributed by atoms with Gasteiger partial charge >= 0.3 is 6.61 Å². The van der Waals surface area contributed by atoms with E-state index in [2.05, 4.69) is 25.3 Å². The Bertz CT molecular complexity index is 593. The van der Waals surface area contributed by atoms with Crippen LogP contribution in [0.1, 0.15) is 26.2 Å². The van der Waals surface area contributed by atoms with Gasteiger partial charge in [0.1, 0.15) is 5.75 Å². The summed E-state index contributed by atoms with van der Waals surface area (Å²) in [7, 11) is 1.74. The lowest BCUT2D eigenvalue weighted by atomic mass is 10.2. The van der Waals surface area contributed by atoms with Crippen LogP contribution in [-0.2, 0) is 4.74 Å². The maximum absolute atomic E-state index is 12.6. The molecule has 1 aromatic carbocycles. The lowest BCUT2D eigenvalue weighted by molar-refractivity contribution is -0.0495. The molecule has 0 bridgehead atoms. The van der Waals surface area contributed by atoms with Crippen molar-refractivity contribution in [3.63, 3.8) is 0 Å². The van der Waals surface area contributed by atoms with Crippen LogP contribution in [-0.4, -0.2) is 58.5 Å². The number of unbranched alkanes of at least 4 members (excludes halogenated alkanes) is 1. The second-order valence-electron chi connectivity index (χ2n) is 6.33. The first kappa shape index (κ1) is 24.7. The van der Waals surface area contributed by atoms with Gasteiger partial charge in [-0.1, -0.05) is 12.1 Å². The Kier molecular flexibility index (Phi) is 12.1. The number of hydrogen-bond acceptors (Lipinski definition) is 4. The fourth-order valence-electron chi connectivity index (χ4n) is 3.08. The molecule has 2 N–H and O–H groups in total. The van der Waals surface area contributed by atoms with E-state index in [0.717, 1.165) is 51.5 Å². The summed E-state index contributed by atoms with van der Waals surface area (Å²) in [6.45, 7) is 3.00. The minimum absolute atomic E-state index is 0. The van der Waals surface area contributed by atoms with E-state index in [0.29, 0.717) is 12.2 Å². The van der Waals surface area contributed by atoms with Crippen LogP contribution in [0.15, 0.2) is 29.3 Å². The first-order valence-corrected chi connectivity index (χ1v) is 9.47. The molecule has 1 aromatic rings. The number of para-hydroxylation sites is 2. The Hall–Kier alpha value is -1.36. The average molecular weight is 512 g/mol. The molecule has 0 aliphatic carbocycles. The third kappa shape index (κ3) is 8.34. The van der Waals surface area contributed by atoms with Crippen LogP contribution in [0.25, 0.3) is 0 Å². The fraction of sp³-hybridized carbons (Fsp3) is 0.632. The van der Waals surface area contributed by atoms with E-state index < -0.39 is 6.61 Å². The zero-order chi connectivity index (χ0) is 19.5. The summed E-state index contributed by atoms with van der Waals surface area (Å²) < 4.78 is 35.2. The van der Waals surface area contributed by atoms with Crippen molar-refractivity contribution in [3.8, 4) is 5.75 Å². The van der Waals surface area contributed by atoms with E-state index in [1.165, 1.54) is 0 Å². The van der Waals surface area contributed by atoms with Gasteiger partial charge in [0.15, 0.2) is 5.96 Å². The summed E-state index contributed by atoms with van der Waals surface area (Å²) in [5, 5.41) is 6.71. The molecular weight excluding hydrogens is 481 g/mol. The molecule has 1 heterocycles. The van der Waals surface area contributed by atoms with E-state index >= 15 is 0 Å². The van der Waals surface area contributed by atoms with E-state index in [9.17, 15) is 8.78 Å². The molecule has 2 rings (SSSR count). The molecule has 9 heteroatoms. The number of halogens is 3. The molecule has 1 fully saturated rings. The number of hydrogen-bond donors (Lipinski definition) is 2. The zero-order valence-electron chi connectivity index (χ0n) is 16.5. The average Bonchev–Trinajstić information content (AvgIpc) is 3.12. The number of rotatable bonds is 10. The van der Waals surface area contributed by atoms with Gasteiger partial charge in [-0.05, 0) is 38.3 Å². The molecule has 0 radical (unpaired) electrons. The smallest absolute Gasteiger partial charge is 0.387 e. The highest BCUT2D eigenvalue weighted by Gasteiger charge is 2.25. The summed E-state index contributed by atoms with van der Waals surface area (Å²) in [6, 6.07) is 7.11. The Labute approximate surface area is 183 Å². The maximum Gasteiger partial charge on any atom is 0.387 e. The maximum atomic E-state index is 12.6. The van der Waals surface area contributed by atoms with Crippen LogP contribution in [0, 0.1) is 0 Å². The van der Waals surface area contributed by atoms with Crippen molar-refractivity contribution in [2.24, 2.45) is 4.99 Å². The normalized spacial score (nSPS) is 16.8. The van der Waals surface area contributed by atoms with Crippen LogP contribution >= 0.6 is 24.0 Å². The highest BCUT2D eigenvalue weighted by atomic mass is 127. The summed E-state index contributed by atoms with van der Waals surface area (Å²) in [5.74, 6) is 0.973. The molecule has 1 aliphatic rings. The van der Waals surface area contributed by atoms with Gasteiger partial charge in [0.25, 0.3) is 0 Å². The predicted molar refractivity (Wildman–Crippen MR) is 119 cm³/mol. The predicted octanol–water partition coefficient (Wildman–Crippen LogP) is 3.47. The molecule has 0 spiro atoms. The first-order chi connectivity index (χ1) is 13.1. The number of ether oxygens (including phenoxy) is 2. The van der Waals surface area contributed by atoms with Crippen molar-refractivity contribution in [1.29, 1.82) is 0 Å². The van der Waals surface area contributed by atoms with Crippen LogP contribution < -0.4 is 20.3 Å². The van der Waals surface area contributed by atoms with Gasteiger partial charge in [0.2, 0.25) is 0 Å². The highest BCUT2D eigenvalue weighted by molar-refractivity contribution is 14.0.